The second-order valence-electron chi connectivity index (χ2n) is 7.21. The van der Waals surface area contributed by atoms with Crippen molar-refractivity contribution in [3.8, 4) is 11.5 Å². The maximum absolute atomic E-state index is 12.3. The minimum absolute atomic E-state index is 0.0885. The Balaban J connectivity index is 1.51. The van der Waals surface area contributed by atoms with Gasteiger partial charge < -0.3 is 20.1 Å². The molecule has 12 nitrogen and oxygen atoms in total. The first-order valence-electron chi connectivity index (χ1n) is 10.2. The molecule has 3 aromatic rings. The fourth-order valence-electron chi connectivity index (χ4n) is 2.84. The second kappa shape index (κ2) is 11.2. The van der Waals surface area contributed by atoms with Crippen molar-refractivity contribution in [3.63, 3.8) is 0 Å². The van der Waals surface area contributed by atoms with E-state index in [4.69, 9.17) is 9.47 Å². The van der Waals surface area contributed by atoms with Gasteiger partial charge in [0.25, 0.3) is 23.2 Å². The van der Waals surface area contributed by atoms with Crippen molar-refractivity contribution >= 4 is 34.6 Å². The number of amides is 2. The van der Waals surface area contributed by atoms with Crippen molar-refractivity contribution < 1.29 is 28.9 Å². The smallest absolute Gasteiger partial charge is 0.269 e. The van der Waals surface area contributed by atoms with Crippen LogP contribution in [0.15, 0.2) is 66.7 Å². The van der Waals surface area contributed by atoms with Crippen LogP contribution in [0.5, 0.6) is 11.5 Å². The molecule has 3 aromatic carbocycles. The molecular weight excluding hydrogens is 460 g/mol. The molecule has 12 heteroatoms. The van der Waals surface area contributed by atoms with Crippen LogP contribution in [0.3, 0.4) is 0 Å². The summed E-state index contributed by atoms with van der Waals surface area (Å²) in [5.41, 5.74) is 1.44. The first-order chi connectivity index (χ1) is 16.7. The fraction of sp³-hybridized carbons (Fsp3) is 0.130. The average Bonchev–Trinajstić information content (AvgIpc) is 2.84. The van der Waals surface area contributed by atoms with Gasteiger partial charge in [-0.3, -0.25) is 29.8 Å². The molecule has 0 aliphatic rings. The van der Waals surface area contributed by atoms with E-state index in [0.717, 1.165) is 5.56 Å². The zero-order chi connectivity index (χ0) is 25.4. The van der Waals surface area contributed by atoms with Crippen molar-refractivity contribution in [3.05, 3.63) is 92.5 Å². The Morgan fingerprint density at radius 3 is 1.66 bits per heavy atom. The maximum Gasteiger partial charge on any atom is 0.269 e. The number of nitro benzene ring substituents is 2. The van der Waals surface area contributed by atoms with E-state index >= 15 is 0 Å². The summed E-state index contributed by atoms with van der Waals surface area (Å²) in [5.74, 6) is -0.324. The van der Waals surface area contributed by atoms with E-state index < -0.39 is 21.7 Å². The largest absolute Gasteiger partial charge is 0.484 e. The molecule has 180 valence electrons. The number of nitrogens with one attached hydrogen (secondary N) is 2. The summed E-state index contributed by atoms with van der Waals surface area (Å²) in [5, 5.41) is 26.7. The first-order valence-corrected chi connectivity index (χ1v) is 10.2. The van der Waals surface area contributed by atoms with Gasteiger partial charge in [-0.1, -0.05) is 6.07 Å². The molecule has 0 aliphatic heterocycles. The van der Waals surface area contributed by atoms with Crippen LogP contribution in [-0.2, 0) is 9.59 Å². The molecule has 3 rings (SSSR count). The van der Waals surface area contributed by atoms with Gasteiger partial charge in [-0.05, 0) is 48.9 Å². The molecule has 0 bridgehead atoms. The fourth-order valence-corrected chi connectivity index (χ4v) is 2.84. The molecule has 0 fully saturated rings. The highest BCUT2D eigenvalue weighted by Crippen LogP contribution is 2.22. The van der Waals surface area contributed by atoms with Crippen LogP contribution in [0.2, 0.25) is 0 Å². The Morgan fingerprint density at radius 2 is 1.20 bits per heavy atom. The summed E-state index contributed by atoms with van der Waals surface area (Å²) in [7, 11) is 0. The van der Waals surface area contributed by atoms with Gasteiger partial charge in [0.15, 0.2) is 13.2 Å². The summed E-state index contributed by atoms with van der Waals surface area (Å²) in [4.78, 5) is 44.8. The Labute approximate surface area is 198 Å². The average molecular weight is 480 g/mol. The van der Waals surface area contributed by atoms with E-state index in [1.54, 1.807) is 25.1 Å². The molecule has 0 atom stereocenters. The highest BCUT2D eigenvalue weighted by molar-refractivity contribution is 5.95. The molecule has 0 radical (unpaired) electrons. The minimum atomic E-state index is -0.536. The van der Waals surface area contributed by atoms with E-state index in [2.05, 4.69) is 10.6 Å². The van der Waals surface area contributed by atoms with E-state index in [1.165, 1.54) is 48.5 Å². The number of carbonyl (C=O) groups excluding carboxylic acids is 2. The third-order valence-corrected chi connectivity index (χ3v) is 4.63. The molecule has 0 saturated heterocycles. The Bertz CT molecular complexity index is 1240. The van der Waals surface area contributed by atoms with Crippen LogP contribution >= 0.6 is 0 Å². The molecule has 2 amide bonds. The van der Waals surface area contributed by atoms with Gasteiger partial charge in [0.1, 0.15) is 11.5 Å². The first kappa shape index (κ1) is 24.6. The summed E-state index contributed by atoms with van der Waals surface area (Å²) >= 11 is 0. The standard InChI is InChI=1S/C23H20N4O8/c1-15-2-3-16(24-22(28)13-34-19-8-4-17(5-9-19)26(30)31)12-21(15)25-23(29)14-35-20-10-6-18(7-11-20)27(32)33/h2-12H,13-14H2,1H3,(H,24,28)(H,25,29). The predicted octanol–water partition coefficient (Wildman–Crippen LogP) is 3.85. The molecule has 0 heterocycles. The van der Waals surface area contributed by atoms with Gasteiger partial charge in [-0.25, -0.2) is 0 Å². The predicted molar refractivity (Wildman–Crippen MR) is 126 cm³/mol. The molecule has 2 N–H and O–H groups in total. The van der Waals surface area contributed by atoms with Crippen LogP contribution in [0.25, 0.3) is 0 Å². The zero-order valence-corrected chi connectivity index (χ0v) is 18.4. The van der Waals surface area contributed by atoms with E-state index in [9.17, 15) is 29.8 Å². The van der Waals surface area contributed by atoms with Gasteiger partial charge in [-0.15, -0.1) is 0 Å². The number of aryl methyl sites for hydroxylation is 1. The summed E-state index contributed by atoms with van der Waals surface area (Å²) < 4.78 is 10.7. The van der Waals surface area contributed by atoms with Crippen LogP contribution in [0, 0.1) is 27.2 Å². The molecule has 0 aromatic heterocycles. The molecule has 35 heavy (non-hydrogen) atoms. The van der Waals surface area contributed by atoms with Crippen molar-refractivity contribution in [1.82, 2.24) is 0 Å². The van der Waals surface area contributed by atoms with Gasteiger partial charge in [0, 0.05) is 35.6 Å². The summed E-state index contributed by atoms with van der Waals surface area (Å²) in [6, 6.07) is 15.6. The number of anilines is 2. The number of non-ortho nitro benzene ring substituents is 2. The highest BCUT2D eigenvalue weighted by atomic mass is 16.6. The van der Waals surface area contributed by atoms with Crippen LogP contribution < -0.4 is 20.1 Å². The third kappa shape index (κ3) is 7.25. The van der Waals surface area contributed by atoms with Crippen molar-refractivity contribution in [2.45, 2.75) is 6.92 Å². The third-order valence-electron chi connectivity index (χ3n) is 4.63. The summed E-state index contributed by atoms with van der Waals surface area (Å²) in [6.45, 7) is 1.13. The summed E-state index contributed by atoms with van der Waals surface area (Å²) in [6.07, 6.45) is 0. The molecular formula is C23H20N4O8. The van der Waals surface area contributed by atoms with Gasteiger partial charge >= 0.3 is 0 Å². The van der Waals surface area contributed by atoms with Crippen LogP contribution in [0.1, 0.15) is 5.56 Å². The molecule has 0 unspecified atom stereocenters. The van der Waals surface area contributed by atoms with Gasteiger partial charge in [0.2, 0.25) is 0 Å². The van der Waals surface area contributed by atoms with E-state index in [1.807, 2.05) is 0 Å². The quantitative estimate of drug-likeness (QED) is 0.326. The number of nitrogens with zero attached hydrogens (tertiary/aromatic N) is 2. The lowest BCUT2D eigenvalue weighted by atomic mass is 10.1. The molecule has 0 saturated carbocycles. The number of carbonyl (C=O) groups is 2. The maximum atomic E-state index is 12.3. The number of rotatable bonds is 10. The molecule has 0 aliphatic carbocycles. The monoisotopic (exact) mass is 480 g/mol. The number of nitro groups is 2. The SMILES string of the molecule is Cc1ccc(NC(=O)COc2ccc([N+](=O)[O-])cc2)cc1NC(=O)COc1ccc([N+](=O)[O-])cc1. The van der Waals surface area contributed by atoms with E-state index in [0.29, 0.717) is 22.9 Å². The van der Waals surface area contributed by atoms with Crippen LogP contribution in [-0.4, -0.2) is 34.9 Å². The number of hydrogen-bond acceptors (Lipinski definition) is 8. The van der Waals surface area contributed by atoms with Crippen molar-refractivity contribution in [2.24, 2.45) is 0 Å². The number of ether oxygens (including phenoxy) is 2. The second-order valence-corrected chi connectivity index (χ2v) is 7.21. The van der Waals surface area contributed by atoms with Crippen molar-refractivity contribution in [2.75, 3.05) is 23.8 Å². The Morgan fingerprint density at radius 1 is 0.743 bits per heavy atom. The van der Waals surface area contributed by atoms with Crippen molar-refractivity contribution in [1.29, 1.82) is 0 Å². The van der Waals surface area contributed by atoms with E-state index in [-0.39, 0.29) is 24.6 Å². The lowest BCUT2D eigenvalue weighted by Crippen LogP contribution is -2.22. The van der Waals surface area contributed by atoms with Crippen LogP contribution in [0.4, 0.5) is 22.7 Å². The molecule has 0 spiro atoms. The number of hydrogen-bond donors (Lipinski definition) is 2. The Kier molecular flexibility index (Phi) is 7.90. The lowest BCUT2D eigenvalue weighted by Gasteiger charge is -2.12. The highest BCUT2D eigenvalue weighted by Gasteiger charge is 2.11. The van der Waals surface area contributed by atoms with Gasteiger partial charge in [-0.2, -0.15) is 0 Å². The number of benzene rings is 3. The van der Waals surface area contributed by atoms with Gasteiger partial charge in [0.05, 0.1) is 9.85 Å². The topological polar surface area (TPSA) is 163 Å². The lowest BCUT2D eigenvalue weighted by molar-refractivity contribution is -0.385. The Hall–Kier alpha value is -5.00. The zero-order valence-electron chi connectivity index (χ0n) is 18.4. The minimum Gasteiger partial charge on any atom is -0.484 e. The normalized spacial score (nSPS) is 10.2.